The fourth-order valence-electron chi connectivity index (χ4n) is 2.91. The number of nitrogens with one attached hydrogen (secondary N) is 1. The van der Waals surface area contributed by atoms with E-state index in [4.69, 9.17) is 9.26 Å². The van der Waals surface area contributed by atoms with Crippen LogP contribution in [0.2, 0.25) is 0 Å². The number of hydrogen-bond acceptors (Lipinski definition) is 5. The Bertz CT molecular complexity index is 428. The third kappa shape index (κ3) is 2.88. The molecule has 0 saturated heterocycles. The maximum Gasteiger partial charge on any atom is 0.243 e. The first-order valence-corrected chi connectivity index (χ1v) is 7.53. The van der Waals surface area contributed by atoms with Crippen LogP contribution < -0.4 is 5.32 Å². The van der Waals surface area contributed by atoms with E-state index in [1.165, 1.54) is 0 Å². The molecule has 5 nitrogen and oxygen atoms in total. The van der Waals surface area contributed by atoms with Crippen LogP contribution in [0.3, 0.4) is 0 Å². The highest BCUT2D eigenvalue weighted by Crippen LogP contribution is 2.46. The first-order valence-electron chi connectivity index (χ1n) is 7.53. The first kappa shape index (κ1) is 15.4. The monoisotopic (exact) mass is 281 g/mol. The molecule has 0 bridgehead atoms. The summed E-state index contributed by atoms with van der Waals surface area (Å²) in [6, 6.07) is 0.116. The normalized spacial score (nSPS) is 22.6. The van der Waals surface area contributed by atoms with Gasteiger partial charge in [0.05, 0.1) is 6.04 Å². The van der Waals surface area contributed by atoms with Crippen LogP contribution >= 0.6 is 0 Å². The lowest BCUT2D eigenvalue weighted by molar-refractivity contribution is -0.0740. The average molecular weight is 281 g/mol. The van der Waals surface area contributed by atoms with Crippen LogP contribution in [-0.4, -0.2) is 24.3 Å². The second-order valence-corrected chi connectivity index (χ2v) is 6.57. The molecule has 1 unspecified atom stereocenters. The minimum atomic E-state index is -0.372. The Hall–Kier alpha value is -0.940. The molecule has 1 atom stereocenters. The third-order valence-electron chi connectivity index (χ3n) is 4.71. The van der Waals surface area contributed by atoms with E-state index in [1.54, 1.807) is 7.11 Å². The molecule has 20 heavy (non-hydrogen) atoms. The number of hydrogen-bond donors (Lipinski definition) is 1. The maximum atomic E-state index is 5.81. The van der Waals surface area contributed by atoms with Gasteiger partial charge in [0.15, 0.2) is 0 Å². The van der Waals surface area contributed by atoms with Crippen molar-refractivity contribution in [2.24, 2.45) is 5.41 Å². The largest absolute Gasteiger partial charge is 0.370 e. The van der Waals surface area contributed by atoms with E-state index in [2.05, 4.69) is 36.2 Å². The van der Waals surface area contributed by atoms with Crippen LogP contribution in [0.25, 0.3) is 0 Å². The van der Waals surface area contributed by atoms with E-state index < -0.39 is 0 Å². The second kappa shape index (κ2) is 5.82. The molecule has 5 heteroatoms. The molecule has 0 aromatic carbocycles. The SMILES string of the molecule is CCC(NC)c1nc(C2(OC)CCC(C)(C)CC2)no1. The molecule has 1 saturated carbocycles. The van der Waals surface area contributed by atoms with Gasteiger partial charge < -0.3 is 14.6 Å². The predicted octanol–water partition coefficient (Wildman–Crippen LogP) is 3.18. The van der Waals surface area contributed by atoms with Crippen molar-refractivity contribution in [1.82, 2.24) is 15.5 Å². The topological polar surface area (TPSA) is 60.2 Å². The number of rotatable bonds is 5. The van der Waals surface area contributed by atoms with Crippen LogP contribution in [0, 0.1) is 5.41 Å². The summed E-state index contributed by atoms with van der Waals surface area (Å²) in [5, 5.41) is 7.39. The summed E-state index contributed by atoms with van der Waals surface area (Å²) in [6.07, 6.45) is 5.06. The highest BCUT2D eigenvalue weighted by atomic mass is 16.5. The lowest BCUT2D eigenvalue weighted by Crippen LogP contribution is -2.37. The molecule has 1 aromatic heterocycles. The number of aromatic nitrogens is 2. The standard InChI is InChI=1S/C15H27N3O2/c1-6-11(16-4)12-17-13(18-20-12)15(19-5)9-7-14(2,3)8-10-15/h11,16H,6-10H2,1-5H3. The molecule has 0 radical (unpaired) electrons. The van der Waals surface area contributed by atoms with Gasteiger partial charge in [-0.2, -0.15) is 4.98 Å². The first-order chi connectivity index (χ1) is 9.46. The Morgan fingerprint density at radius 2 is 1.95 bits per heavy atom. The smallest absolute Gasteiger partial charge is 0.243 e. The third-order valence-corrected chi connectivity index (χ3v) is 4.71. The van der Waals surface area contributed by atoms with Crippen molar-refractivity contribution in [3.05, 3.63) is 11.7 Å². The van der Waals surface area contributed by atoms with E-state index >= 15 is 0 Å². The molecule has 1 fully saturated rings. The molecule has 114 valence electrons. The quantitative estimate of drug-likeness (QED) is 0.898. The van der Waals surface area contributed by atoms with Crippen LogP contribution in [-0.2, 0) is 10.3 Å². The second-order valence-electron chi connectivity index (χ2n) is 6.57. The zero-order chi connectivity index (χ0) is 14.8. The van der Waals surface area contributed by atoms with Crippen LogP contribution in [0.15, 0.2) is 4.52 Å². The summed E-state index contributed by atoms with van der Waals surface area (Å²) in [5.41, 5.74) is 0.00876. The van der Waals surface area contributed by atoms with E-state index in [-0.39, 0.29) is 11.6 Å². The number of nitrogens with zero attached hydrogens (tertiary/aromatic N) is 2. The van der Waals surface area contributed by atoms with Crippen molar-refractivity contribution in [1.29, 1.82) is 0 Å². The minimum absolute atomic E-state index is 0.116. The van der Waals surface area contributed by atoms with E-state index in [0.29, 0.717) is 17.1 Å². The van der Waals surface area contributed by atoms with Crippen molar-refractivity contribution >= 4 is 0 Å². The molecule has 0 spiro atoms. The molecular weight excluding hydrogens is 254 g/mol. The van der Waals surface area contributed by atoms with Gasteiger partial charge in [-0.15, -0.1) is 0 Å². The van der Waals surface area contributed by atoms with Crippen molar-refractivity contribution in [2.45, 2.75) is 64.5 Å². The van der Waals surface area contributed by atoms with Crippen LogP contribution in [0.5, 0.6) is 0 Å². The Morgan fingerprint density at radius 3 is 2.45 bits per heavy atom. The Morgan fingerprint density at radius 1 is 1.30 bits per heavy atom. The summed E-state index contributed by atoms with van der Waals surface area (Å²) in [5.74, 6) is 1.37. The minimum Gasteiger partial charge on any atom is -0.370 e. The predicted molar refractivity (Wildman–Crippen MR) is 77.3 cm³/mol. The highest BCUT2D eigenvalue weighted by molar-refractivity contribution is 5.06. The van der Waals surface area contributed by atoms with Crippen molar-refractivity contribution < 1.29 is 9.26 Å². The van der Waals surface area contributed by atoms with Gasteiger partial charge in [0, 0.05) is 7.11 Å². The Labute approximate surface area is 121 Å². The summed E-state index contributed by atoms with van der Waals surface area (Å²) in [7, 11) is 3.66. The zero-order valence-corrected chi connectivity index (χ0v) is 13.3. The number of ether oxygens (including phenoxy) is 1. The summed E-state index contributed by atoms with van der Waals surface area (Å²) >= 11 is 0. The van der Waals surface area contributed by atoms with Crippen LogP contribution in [0.4, 0.5) is 0 Å². The van der Waals surface area contributed by atoms with E-state index in [9.17, 15) is 0 Å². The summed E-state index contributed by atoms with van der Waals surface area (Å²) in [6.45, 7) is 6.71. The zero-order valence-electron chi connectivity index (χ0n) is 13.3. The molecule has 0 aliphatic heterocycles. The van der Waals surface area contributed by atoms with Gasteiger partial charge >= 0.3 is 0 Å². The molecule has 1 aliphatic carbocycles. The lowest BCUT2D eigenvalue weighted by Gasteiger charge is -2.40. The van der Waals surface area contributed by atoms with Crippen LogP contribution in [0.1, 0.15) is 70.6 Å². The van der Waals surface area contributed by atoms with Gasteiger partial charge in [-0.25, -0.2) is 0 Å². The van der Waals surface area contributed by atoms with Crippen molar-refractivity contribution in [2.75, 3.05) is 14.2 Å². The fraction of sp³-hybridized carbons (Fsp3) is 0.867. The van der Waals surface area contributed by atoms with Gasteiger partial charge in [-0.05, 0) is 44.6 Å². The van der Waals surface area contributed by atoms with E-state index in [0.717, 1.165) is 32.1 Å². The molecular formula is C15H27N3O2. The van der Waals surface area contributed by atoms with Gasteiger partial charge in [-0.1, -0.05) is 25.9 Å². The highest BCUT2D eigenvalue weighted by Gasteiger charge is 2.43. The van der Waals surface area contributed by atoms with Gasteiger partial charge in [0.1, 0.15) is 5.60 Å². The Kier molecular flexibility index (Phi) is 4.49. The molecule has 1 N–H and O–H groups in total. The summed E-state index contributed by atoms with van der Waals surface area (Å²) in [4.78, 5) is 4.60. The molecule has 1 aromatic rings. The van der Waals surface area contributed by atoms with Gasteiger partial charge in [-0.3, -0.25) is 0 Å². The van der Waals surface area contributed by atoms with Crippen molar-refractivity contribution in [3.63, 3.8) is 0 Å². The molecule has 1 aliphatic rings. The average Bonchev–Trinajstić information content (AvgIpc) is 2.91. The lowest BCUT2D eigenvalue weighted by atomic mass is 9.70. The number of methoxy groups -OCH3 is 1. The van der Waals surface area contributed by atoms with Crippen molar-refractivity contribution in [3.8, 4) is 0 Å². The van der Waals surface area contributed by atoms with E-state index in [1.807, 2.05) is 7.05 Å². The Balaban J connectivity index is 2.20. The van der Waals surface area contributed by atoms with Gasteiger partial charge in [0.25, 0.3) is 0 Å². The fourth-order valence-corrected chi connectivity index (χ4v) is 2.91. The molecule has 0 amide bonds. The molecule has 2 rings (SSSR count). The maximum absolute atomic E-state index is 5.81. The molecule has 1 heterocycles. The van der Waals surface area contributed by atoms with Gasteiger partial charge in [0.2, 0.25) is 11.7 Å². The summed E-state index contributed by atoms with van der Waals surface area (Å²) < 4.78 is 11.3.